The summed E-state index contributed by atoms with van der Waals surface area (Å²) in [5, 5.41) is 44.9. The Morgan fingerprint density at radius 2 is 1.61 bits per heavy atom. The molecule has 6 atom stereocenters. The molecule has 0 amide bonds. The number of aliphatic hydroxyl groups excluding tert-OH is 3. The largest absolute Gasteiger partial charge is 0.470 e. The van der Waals surface area contributed by atoms with Crippen molar-refractivity contribution in [1.29, 1.82) is 0 Å². The van der Waals surface area contributed by atoms with Gasteiger partial charge >= 0.3 is 7.82 Å². The highest BCUT2D eigenvalue weighted by molar-refractivity contribution is 9.10. The van der Waals surface area contributed by atoms with E-state index in [0.717, 1.165) is 0 Å². The third-order valence-electron chi connectivity index (χ3n) is 2.51. The van der Waals surface area contributed by atoms with Gasteiger partial charge in [0, 0.05) is 0 Å². The molecule has 0 aromatic heterocycles. The Balaban J connectivity index is 3.13. The number of phosphoric ester groups is 1. The Hall–Kier alpha value is 0.680. The number of alkyl halides is 2. The molecule has 1 aliphatic carbocycles. The molecule has 0 spiro atoms. The molecule has 1 aliphatic rings. The van der Waals surface area contributed by atoms with Crippen LogP contribution in [-0.4, -0.2) is 69.3 Å². The lowest BCUT2D eigenvalue weighted by atomic mass is 9.84. The van der Waals surface area contributed by atoms with Gasteiger partial charge < -0.3 is 35.3 Å². The molecule has 0 unspecified atom stereocenters. The van der Waals surface area contributed by atoms with Crippen molar-refractivity contribution < 1.29 is 44.4 Å². The van der Waals surface area contributed by atoms with Gasteiger partial charge in [0.2, 0.25) is 5.06 Å². The van der Waals surface area contributed by atoms with Crippen molar-refractivity contribution in [3.8, 4) is 0 Å². The first-order valence-electron chi connectivity index (χ1n) is 4.43. The van der Waals surface area contributed by atoms with Gasteiger partial charge in [0.15, 0.2) is 4.51 Å². The average molecular weight is 373 g/mol. The van der Waals surface area contributed by atoms with Crippen molar-refractivity contribution >= 4 is 35.4 Å². The van der Waals surface area contributed by atoms with Gasteiger partial charge in [0.25, 0.3) is 0 Å². The summed E-state index contributed by atoms with van der Waals surface area (Å²) in [6, 6.07) is 0. The van der Waals surface area contributed by atoms with Crippen LogP contribution in [0.5, 0.6) is 0 Å². The molecule has 1 rings (SSSR count). The molecular formula is C6H11BrClO9P. The van der Waals surface area contributed by atoms with Gasteiger partial charge in [-0.15, -0.1) is 0 Å². The number of rotatable bonds is 2. The first kappa shape index (κ1) is 16.7. The van der Waals surface area contributed by atoms with Crippen molar-refractivity contribution in [2.75, 3.05) is 0 Å². The standard InChI is InChI=1S/C6H11BrClO9P/c7-5(12)4(11)2(17-18(14,15)16)1(9)3(10)6(5,8)13/h1-4,9-13H,(H2,14,15,16)/t1-,2+,3-,4-,5+,6+/m1/s1. The van der Waals surface area contributed by atoms with Crippen LogP contribution in [-0.2, 0) is 9.09 Å². The zero-order valence-corrected chi connectivity index (χ0v) is 11.7. The van der Waals surface area contributed by atoms with E-state index < -0.39 is 41.8 Å². The molecule has 7 N–H and O–H groups in total. The second-order valence-electron chi connectivity index (χ2n) is 3.79. The minimum absolute atomic E-state index is 2.08. The van der Waals surface area contributed by atoms with Crippen LogP contribution in [0.25, 0.3) is 0 Å². The fourth-order valence-electron chi connectivity index (χ4n) is 1.50. The van der Waals surface area contributed by atoms with Crippen molar-refractivity contribution in [1.82, 2.24) is 0 Å². The molecule has 0 aliphatic heterocycles. The van der Waals surface area contributed by atoms with E-state index in [1.54, 1.807) is 0 Å². The Bertz CT molecular complexity index is 370. The van der Waals surface area contributed by atoms with Gasteiger partial charge in [-0.05, 0) is 15.9 Å². The molecule has 0 heterocycles. The second kappa shape index (κ2) is 4.90. The highest BCUT2D eigenvalue weighted by atomic mass is 79.9. The predicted molar refractivity (Wildman–Crippen MR) is 59.6 cm³/mol. The summed E-state index contributed by atoms with van der Waals surface area (Å²) < 4.78 is 11.9. The van der Waals surface area contributed by atoms with Gasteiger partial charge in [-0.25, -0.2) is 4.57 Å². The maximum atomic E-state index is 10.6. The molecule has 18 heavy (non-hydrogen) atoms. The van der Waals surface area contributed by atoms with Gasteiger partial charge in [0.05, 0.1) is 0 Å². The lowest BCUT2D eigenvalue weighted by Gasteiger charge is -2.50. The summed E-state index contributed by atoms with van der Waals surface area (Å²) in [5.74, 6) is 0. The van der Waals surface area contributed by atoms with Gasteiger partial charge in [-0.1, -0.05) is 11.6 Å². The topological polar surface area (TPSA) is 168 Å². The number of phosphoric acid groups is 1. The normalized spacial score (nSPS) is 50.3. The number of aliphatic hydroxyl groups is 5. The van der Waals surface area contributed by atoms with E-state index >= 15 is 0 Å². The first-order chi connectivity index (χ1) is 7.82. The van der Waals surface area contributed by atoms with E-state index in [1.807, 2.05) is 0 Å². The molecular weight excluding hydrogens is 362 g/mol. The Morgan fingerprint density at radius 3 is 2.00 bits per heavy atom. The van der Waals surface area contributed by atoms with E-state index in [4.69, 9.17) is 21.4 Å². The van der Waals surface area contributed by atoms with Gasteiger partial charge in [0.1, 0.15) is 24.4 Å². The molecule has 1 saturated carbocycles. The van der Waals surface area contributed by atoms with Crippen LogP contribution in [0.4, 0.5) is 0 Å². The van der Waals surface area contributed by atoms with Crippen LogP contribution < -0.4 is 0 Å². The average Bonchev–Trinajstić information content (AvgIpc) is 2.19. The smallest absolute Gasteiger partial charge is 0.387 e. The summed E-state index contributed by atoms with van der Waals surface area (Å²) in [6.45, 7) is 0. The zero-order valence-electron chi connectivity index (χ0n) is 8.46. The number of hydrogen-bond donors (Lipinski definition) is 7. The summed E-state index contributed by atoms with van der Waals surface area (Å²) in [7, 11) is -5.12. The van der Waals surface area contributed by atoms with Crippen molar-refractivity contribution in [2.24, 2.45) is 0 Å². The summed E-state index contributed by atoms with van der Waals surface area (Å²) in [6.07, 6.45) is -8.70. The highest BCUT2D eigenvalue weighted by Gasteiger charge is 2.66. The minimum atomic E-state index is -5.12. The van der Waals surface area contributed by atoms with E-state index in [2.05, 4.69) is 20.5 Å². The highest BCUT2D eigenvalue weighted by Crippen LogP contribution is 2.49. The van der Waals surface area contributed by atoms with E-state index in [0.29, 0.717) is 0 Å². The molecule has 108 valence electrons. The predicted octanol–water partition coefficient (Wildman–Crippen LogP) is -2.43. The maximum Gasteiger partial charge on any atom is 0.470 e. The van der Waals surface area contributed by atoms with E-state index in [1.165, 1.54) is 0 Å². The first-order valence-corrected chi connectivity index (χ1v) is 7.13. The molecule has 0 aromatic carbocycles. The summed E-state index contributed by atoms with van der Waals surface area (Å²) >= 11 is 7.79. The maximum absolute atomic E-state index is 10.6. The van der Waals surface area contributed by atoms with Crippen LogP contribution >= 0.6 is 35.4 Å². The summed E-state index contributed by atoms with van der Waals surface area (Å²) in [5.41, 5.74) is 0. The lowest BCUT2D eigenvalue weighted by Crippen LogP contribution is -2.73. The Labute approximate surface area is 114 Å². The van der Waals surface area contributed by atoms with Gasteiger partial charge in [-0.3, -0.25) is 4.52 Å². The zero-order chi connectivity index (χ0) is 14.5. The van der Waals surface area contributed by atoms with E-state index in [9.17, 15) is 30.1 Å². The van der Waals surface area contributed by atoms with Crippen molar-refractivity contribution in [3.63, 3.8) is 0 Å². The van der Waals surface area contributed by atoms with E-state index in [-0.39, 0.29) is 0 Å². The third-order valence-corrected chi connectivity index (χ3v) is 4.84. The van der Waals surface area contributed by atoms with Crippen LogP contribution in [0.2, 0.25) is 0 Å². The number of hydrogen-bond acceptors (Lipinski definition) is 7. The van der Waals surface area contributed by atoms with Crippen LogP contribution in [0.3, 0.4) is 0 Å². The van der Waals surface area contributed by atoms with Gasteiger partial charge in [-0.2, -0.15) is 0 Å². The molecule has 0 aromatic rings. The third kappa shape index (κ3) is 2.74. The molecule has 12 heteroatoms. The van der Waals surface area contributed by atoms with Crippen LogP contribution in [0.1, 0.15) is 0 Å². The minimum Gasteiger partial charge on any atom is -0.387 e. The summed E-state index contributed by atoms with van der Waals surface area (Å²) in [4.78, 5) is 17.2. The SMILES string of the molecule is O=P(O)(O)O[C@H]1[C@@H](O)[C@@H](O)[C@@](O)(Cl)[C@](O)(Br)[C@@H]1O. The molecule has 0 bridgehead atoms. The number of halogens is 2. The lowest BCUT2D eigenvalue weighted by molar-refractivity contribution is -0.245. The fraction of sp³-hybridized carbons (Fsp3) is 1.00. The molecule has 0 saturated heterocycles. The monoisotopic (exact) mass is 372 g/mol. The Kier molecular flexibility index (Phi) is 4.56. The Morgan fingerprint density at radius 1 is 1.17 bits per heavy atom. The molecule has 0 radical (unpaired) electrons. The second-order valence-corrected chi connectivity index (χ2v) is 6.76. The van der Waals surface area contributed by atoms with Crippen molar-refractivity contribution in [3.05, 3.63) is 0 Å². The van der Waals surface area contributed by atoms with Crippen molar-refractivity contribution in [2.45, 2.75) is 34.0 Å². The fourth-order valence-corrected chi connectivity index (χ4v) is 2.80. The van der Waals surface area contributed by atoms with Crippen LogP contribution in [0.15, 0.2) is 0 Å². The van der Waals surface area contributed by atoms with Crippen LogP contribution in [0, 0.1) is 0 Å². The molecule has 9 nitrogen and oxygen atoms in total. The molecule has 1 fully saturated rings. The quantitative estimate of drug-likeness (QED) is 0.206.